The van der Waals surface area contributed by atoms with Crippen molar-refractivity contribution in [3.63, 3.8) is 0 Å². The van der Waals surface area contributed by atoms with Crippen LogP contribution in [0.15, 0.2) is 36.4 Å². The molecule has 1 atom stereocenters. The van der Waals surface area contributed by atoms with Crippen LogP contribution in [-0.4, -0.2) is 25.6 Å². The molecule has 0 aromatic heterocycles. The molecule has 0 bridgehead atoms. The number of carbonyl (C=O) groups is 2. The highest BCUT2D eigenvalue weighted by Crippen LogP contribution is 2.46. The lowest BCUT2D eigenvalue weighted by molar-refractivity contribution is -0.119. The number of fused-ring (bicyclic) bond motifs is 1. The number of rotatable bonds is 4. The van der Waals surface area contributed by atoms with Gasteiger partial charge in [0.2, 0.25) is 5.91 Å². The van der Waals surface area contributed by atoms with Gasteiger partial charge in [0, 0.05) is 10.7 Å². The first-order valence-electron chi connectivity index (χ1n) is 7.89. The Hall–Kier alpha value is -2.53. The van der Waals surface area contributed by atoms with Crippen molar-refractivity contribution in [2.45, 2.75) is 19.3 Å². The number of anilines is 1. The standard InChI is InChI=1S/C19H18ClNO4/c1-4-25-12-6-8-16-14(10-12)19(2,18(23)21-16)13-9-11(17(22)24-3)5-7-15(13)20/h5-10H,4H2,1-3H3,(H,21,23). The van der Waals surface area contributed by atoms with E-state index in [1.165, 1.54) is 7.11 Å². The Labute approximate surface area is 150 Å². The highest BCUT2D eigenvalue weighted by Gasteiger charge is 2.45. The maximum atomic E-state index is 12.8. The summed E-state index contributed by atoms with van der Waals surface area (Å²) in [7, 11) is 1.31. The fraction of sp³-hybridized carbons (Fsp3) is 0.263. The normalized spacial score (nSPS) is 18.5. The third kappa shape index (κ3) is 2.74. The lowest BCUT2D eigenvalue weighted by Crippen LogP contribution is -2.33. The largest absolute Gasteiger partial charge is 0.494 e. The van der Waals surface area contributed by atoms with Gasteiger partial charge in [-0.1, -0.05) is 11.6 Å². The number of amides is 1. The highest BCUT2D eigenvalue weighted by atomic mass is 35.5. The SMILES string of the molecule is CCOc1ccc2c(c1)C(C)(c1cc(C(=O)OC)ccc1Cl)C(=O)N2. The van der Waals surface area contributed by atoms with Gasteiger partial charge in [0.05, 0.1) is 19.3 Å². The van der Waals surface area contributed by atoms with Gasteiger partial charge in [-0.05, 0) is 61.4 Å². The number of esters is 1. The zero-order chi connectivity index (χ0) is 18.2. The van der Waals surface area contributed by atoms with Gasteiger partial charge in [-0.25, -0.2) is 4.79 Å². The van der Waals surface area contributed by atoms with Crippen LogP contribution < -0.4 is 10.1 Å². The molecule has 0 saturated carbocycles. The Bertz CT molecular complexity index is 864. The molecule has 6 heteroatoms. The molecule has 0 aliphatic carbocycles. The molecule has 0 fully saturated rings. The van der Waals surface area contributed by atoms with E-state index in [9.17, 15) is 9.59 Å². The van der Waals surface area contributed by atoms with Crippen molar-refractivity contribution in [3.8, 4) is 5.75 Å². The second-order valence-electron chi connectivity index (χ2n) is 5.91. The monoisotopic (exact) mass is 359 g/mol. The first-order valence-corrected chi connectivity index (χ1v) is 8.26. The van der Waals surface area contributed by atoms with Crippen LogP contribution in [0.3, 0.4) is 0 Å². The first-order chi connectivity index (χ1) is 11.9. The van der Waals surface area contributed by atoms with Crippen LogP contribution in [0, 0.1) is 0 Å². The summed E-state index contributed by atoms with van der Waals surface area (Å²) >= 11 is 6.38. The molecule has 0 spiro atoms. The van der Waals surface area contributed by atoms with Crippen LogP contribution in [0.4, 0.5) is 5.69 Å². The van der Waals surface area contributed by atoms with Gasteiger partial charge >= 0.3 is 5.97 Å². The van der Waals surface area contributed by atoms with E-state index in [2.05, 4.69) is 5.32 Å². The van der Waals surface area contributed by atoms with Gasteiger partial charge in [-0.2, -0.15) is 0 Å². The number of methoxy groups -OCH3 is 1. The quantitative estimate of drug-likeness (QED) is 0.844. The molecule has 2 aromatic rings. The molecule has 1 unspecified atom stereocenters. The van der Waals surface area contributed by atoms with Crippen LogP contribution in [0.5, 0.6) is 5.75 Å². The second kappa shape index (κ2) is 6.41. The van der Waals surface area contributed by atoms with Gasteiger partial charge in [-0.15, -0.1) is 0 Å². The molecule has 1 aliphatic rings. The van der Waals surface area contributed by atoms with E-state index in [1.807, 2.05) is 19.1 Å². The van der Waals surface area contributed by atoms with Gasteiger partial charge in [0.15, 0.2) is 0 Å². The summed E-state index contributed by atoms with van der Waals surface area (Å²) < 4.78 is 10.3. The van der Waals surface area contributed by atoms with E-state index in [4.69, 9.17) is 21.1 Å². The summed E-state index contributed by atoms with van der Waals surface area (Å²) in [5.74, 6) is -0.0208. The Balaban J connectivity index is 2.19. The van der Waals surface area contributed by atoms with Gasteiger partial charge in [0.25, 0.3) is 0 Å². The fourth-order valence-corrected chi connectivity index (χ4v) is 3.40. The van der Waals surface area contributed by atoms with Crippen molar-refractivity contribution in [3.05, 3.63) is 58.1 Å². The van der Waals surface area contributed by atoms with Crippen molar-refractivity contribution in [1.82, 2.24) is 0 Å². The Morgan fingerprint density at radius 1 is 1.20 bits per heavy atom. The van der Waals surface area contributed by atoms with E-state index in [0.29, 0.717) is 34.2 Å². The Kier molecular flexibility index (Phi) is 4.43. The number of ether oxygens (including phenoxy) is 2. The predicted molar refractivity (Wildman–Crippen MR) is 95.5 cm³/mol. The van der Waals surface area contributed by atoms with Gasteiger partial charge in [0.1, 0.15) is 11.2 Å². The molecule has 1 aliphatic heterocycles. The van der Waals surface area contributed by atoms with Crippen molar-refractivity contribution < 1.29 is 19.1 Å². The summed E-state index contributed by atoms with van der Waals surface area (Å²) in [6.07, 6.45) is 0. The van der Waals surface area contributed by atoms with E-state index in [0.717, 1.165) is 5.56 Å². The molecule has 5 nitrogen and oxygen atoms in total. The number of nitrogens with one attached hydrogen (secondary N) is 1. The van der Waals surface area contributed by atoms with Crippen LogP contribution >= 0.6 is 11.6 Å². The summed E-state index contributed by atoms with van der Waals surface area (Å²) in [5.41, 5.74) is 1.30. The molecule has 1 amide bonds. The minimum Gasteiger partial charge on any atom is -0.494 e. The maximum Gasteiger partial charge on any atom is 0.337 e. The molecule has 25 heavy (non-hydrogen) atoms. The van der Waals surface area contributed by atoms with Crippen molar-refractivity contribution >= 4 is 29.2 Å². The average Bonchev–Trinajstić information content (AvgIpc) is 2.86. The molecular formula is C19H18ClNO4. The smallest absolute Gasteiger partial charge is 0.337 e. The topological polar surface area (TPSA) is 64.6 Å². The van der Waals surface area contributed by atoms with E-state index >= 15 is 0 Å². The summed E-state index contributed by atoms with van der Waals surface area (Å²) in [4.78, 5) is 24.7. The molecule has 130 valence electrons. The summed E-state index contributed by atoms with van der Waals surface area (Å²) in [6.45, 7) is 4.20. The zero-order valence-electron chi connectivity index (χ0n) is 14.2. The lowest BCUT2D eigenvalue weighted by Gasteiger charge is -2.25. The Morgan fingerprint density at radius 2 is 1.96 bits per heavy atom. The first kappa shape index (κ1) is 17.3. The van der Waals surface area contributed by atoms with Gasteiger partial charge in [-0.3, -0.25) is 4.79 Å². The maximum absolute atomic E-state index is 12.8. The average molecular weight is 360 g/mol. The fourth-order valence-electron chi connectivity index (χ4n) is 3.09. The predicted octanol–water partition coefficient (Wildman–Crippen LogP) is 3.78. The summed E-state index contributed by atoms with van der Waals surface area (Å²) in [5, 5.41) is 3.28. The highest BCUT2D eigenvalue weighted by molar-refractivity contribution is 6.32. The summed E-state index contributed by atoms with van der Waals surface area (Å²) in [6, 6.07) is 10.2. The zero-order valence-corrected chi connectivity index (χ0v) is 14.9. The van der Waals surface area contributed by atoms with Crippen LogP contribution in [0.1, 0.15) is 35.3 Å². The van der Waals surface area contributed by atoms with E-state index in [1.54, 1.807) is 31.2 Å². The number of hydrogen-bond acceptors (Lipinski definition) is 4. The molecular weight excluding hydrogens is 342 g/mol. The Morgan fingerprint density at radius 3 is 2.64 bits per heavy atom. The molecule has 1 heterocycles. The molecule has 0 saturated heterocycles. The number of halogens is 1. The minimum atomic E-state index is -1.04. The van der Waals surface area contributed by atoms with Crippen molar-refractivity contribution in [1.29, 1.82) is 0 Å². The minimum absolute atomic E-state index is 0.208. The molecule has 1 N–H and O–H groups in total. The molecule has 3 rings (SSSR count). The number of hydrogen-bond donors (Lipinski definition) is 1. The lowest BCUT2D eigenvalue weighted by atomic mass is 9.76. The van der Waals surface area contributed by atoms with Crippen molar-refractivity contribution in [2.75, 3.05) is 19.0 Å². The van der Waals surface area contributed by atoms with Crippen LogP contribution in [0.2, 0.25) is 5.02 Å². The van der Waals surface area contributed by atoms with Crippen LogP contribution in [-0.2, 0) is 14.9 Å². The number of carbonyl (C=O) groups excluding carboxylic acids is 2. The third-order valence-electron chi connectivity index (χ3n) is 4.47. The van der Waals surface area contributed by atoms with E-state index in [-0.39, 0.29) is 5.91 Å². The van der Waals surface area contributed by atoms with E-state index < -0.39 is 11.4 Å². The number of benzene rings is 2. The van der Waals surface area contributed by atoms with Crippen LogP contribution in [0.25, 0.3) is 0 Å². The molecule has 0 radical (unpaired) electrons. The van der Waals surface area contributed by atoms with Gasteiger partial charge < -0.3 is 14.8 Å². The van der Waals surface area contributed by atoms with Crippen molar-refractivity contribution in [2.24, 2.45) is 0 Å². The third-order valence-corrected chi connectivity index (χ3v) is 4.80. The molecule has 2 aromatic carbocycles. The second-order valence-corrected chi connectivity index (χ2v) is 6.31.